The van der Waals surface area contributed by atoms with Crippen molar-refractivity contribution < 1.29 is 0 Å². The van der Waals surface area contributed by atoms with Crippen LogP contribution in [0.25, 0.3) is 10.8 Å². The maximum absolute atomic E-state index is 6.02. The molecule has 1 aliphatic rings. The minimum absolute atomic E-state index is 0.471. The Balaban J connectivity index is 2.40. The Morgan fingerprint density at radius 2 is 1.50 bits per heavy atom. The molecular formula is C10H8NPS2. The Labute approximate surface area is 91.7 Å². The molecule has 1 nitrogen and oxygen atoms in total. The second-order valence-electron chi connectivity index (χ2n) is 3.08. The monoisotopic (exact) mass is 237 g/mol. The number of hydrogen-bond donors (Lipinski definition) is 1. The quantitative estimate of drug-likeness (QED) is 0.694. The van der Waals surface area contributed by atoms with Crippen LogP contribution in [0.15, 0.2) is 46.2 Å². The second kappa shape index (κ2) is 3.42. The lowest BCUT2D eigenvalue weighted by molar-refractivity contribution is 1.45. The van der Waals surface area contributed by atoms with Gasteiger partial charge in [0.1, 0.15) is 0 Å². The third-order valence-corrected chi connectivity index (χ3v) is 7.24. The molecule has 2 aromatic carbocycles. The molecule has 3 rings (SSSR count). The molecular weight excluding hydrogens is 229 g/mol. The van der Waals surface area contributed by atoms with Crippen LogP contribution in [0.1, 0.15) is 0 Å². The van der Waals surface area contributed by atoms with Gasteiger partial charge in [-0.2, -0.15) is 0 Å². The summed E-state index contributed by atoms with van der Waals surface area (Å²) in [6.07, 6.45) is 0. The number of rotatable bonds is 0. The summed E-state index contributed by atoms with van der Waals surface area (Å²) in [6.45, 7) is -0.471. The van der Waals surface area contributed by atoms with Crippen LogP contribution in [0.4, 0.5) is 0 Å². The molecule has 14 heavy (non-hydrogen) atoms. The highest BCUT2D eigenvalue weighted by Crippen LogP contribution is 2.66. The molecule has 0 unspecified atom stereocenters. The van der Waals surface area contributed by atoms with Gasteiger partial charge in [-0.05, 0) is 17.5 Å². The van der Waals surface area contributed by atoms with Crippen LogP contribution in [0.5, 0.6) is 0 Å². The molecule has 2 aromatic rings. The van der Waals surface area contributed by atoms with Gasteiger partial charge in [-0.25, -0.2) is 0 Å². The topological polar surface area (TPSA) is 26.0 Å². The summed E-state index contributed by atoms with van der Waals surface area (Å²) in [5.41, 5.74) is 6.02. The standard InChI is InChI=1S/C10H8NPS2/c11-12-13-8-5-1-3-7-4-2-6-9(14-12)10(7)8/h1-6H,11H2. The average molecular weight is 237 g/mol. The average Bonchev–Trinajstić information content (AvgIpc) is 2.18. The highest BCUT2D eigenvalue weighted by Gasteiger charge is 2.18. The van der Waals surface area contributed by atoms with Crippen LogP contribution in [0, 0.1) is 0 Å². The fourth-order valence-corrected chi connectivity index (χ4v) is 7.01. The van der Waals surface area contributed by atoms with Crippen LogP contribution in [-0.4, -0.2) is 0 Å². The van der Waals surface area contributed by atoms with Crippen LogP contribution in [-0.2, 0) is 0 Å². The molecule has 0 saturated heterocycles. The van der Waals surface area contributed by atoms with E-state index in [0.717, 1.165) is 0 Å². The third kappa shape index (κ3) is 1.36. The lowest BCUT2D eigenvalue weighted by atomic mass is 10.1. The minimum Gasteiger partial charge on any atom is -0.292 e. The molecule has 0 radical (unpaired) electrons. The zero-order valence-electron chi connectivity index (χ0n) is 7.31. The molecule has 70 valence electrons. The summed E-state index contributed by atoms with van der Waals surface area (Å²) >= 11 is 3.62. The zero-order valence-corrected chi connectivity index (χ0v) is 9.83. The van der Waals surface area contributed by atoms with Crippen molar-refractivity contribution in [1.29, 1.82) is 0 Å². The first-order valence-electron chi connectivity index (χ1n) is 4.27. The largest absolute Gasteiger partial charge is 0.292 e. The number of hydrogen-bond acceptors (Lipinski definition) is 3. The summed E-state index contributed by atoms with van der Waals surface area (Å²) in [6, 6.07) is 12.9. The molecule has 1 heterocycles. The van der Waals surface area contributed by atoms with Crippen LogP contribution >= 0.6 is 29.2 Å². The van der Waals surface area contributed by atoms with Gasteiger partial charge in [-0.3, -0.25) is 5.50 Å². The molecule has 0 bridgehead atoms. The third-order valence-electron chi connectivity index (χ3n) is 2.20. The Morgan fingerprint density at radius 1 is 0.929 bits per heavy atom. The maximum Gasteiger partial charge on any atom is 0.0918 e. The number of nitrogens with two attached hydrogens (primary N) is 1. The van der Waals surface area contributed by atoms with E-state index < -0.39 is 6.48 Å². The van der Waals surface area contributed by atoms with Gasteiger partial charge >= 0.3 is 0 Å². The molecule has 0 saturated carbocycles. The molecule has 0 atom stereocenters. The molecule has 2 N–H and O–H groups in total. The molecule has 0 aliphatic carbocycles. The maximum atomic E-state index is 6.02. The van der Waals surface area contributed by atoms with Gasteiger partial charge in [-0.1, -0.05) is 47.0 Å². The van der Waals surface area contributed by atoms with E-state index >= 15 is 0 Å². The molecule has 0 aromatic heterocycles. The second-order valence-corrected chi connectivity index (χ2v) is 9.04. The fourth-order valence-electron chi connectivity index (χ4n) is 1.64. The van der Waals surface area contributed by atoms with Crippen LogP contribution in [0.2, 0.25) is 0 Å². The normalized spacial score (nSPS) is 16.1. The zero-order chi connectivity index (χ0) is 9.54. The minimum atomic E-state index is -0.471. The van der Waals surface area contributed by atoms with Crippen molar-refractivity contribution in [1.82, 2.24) is 0 Å². The first-order valence-corrected chi connectivity index (χ1v) is 8.52. The highest BCUT2D eigenvalue weighted by atomic mass is 33.1. The van der Waals surface area contributed by atoms with Gasteiger partial charge in [0, 0.05) is 15.2 Å². The Kier molecular flexibility index (Phi) is 2.21. The summed E-state index contributed by atoms with van der Waals surface area (Å²) < 4.78 is 0. The van der Waals surface area contributed by atoms with Crippen molar-refractivity contribution in [2.24, 2.45) is 5.50 Å². The summed E-state index contributed by atoms with van der Waals surface area (Å²) in [4.78, 5) is 2.68. The first kappa shape index (κ1) is 9.05. The van der Waals surface area contributed by atoms with E-state index in [0.29, 0.717) is 0 Å². The van der Waals surface area contributed by atoms with Gasteiger partial charge < -0.3 is 0 Å². The van der Waals surface area contributed by atoms with Gasteiger partial charge in [0.25, 0.3) is 0 Å². The van der Waals surface area contributed by atoms with Gasteiger partial charge in [0.2, 0.25) is 0 Å². The van der Waals surface area contributed by atoms with E-state index in [9.17, 15) is 0 Å². The molecule has 0 fully saturated rings. The Hall–Kier alpha value is -0.210. The van der Waals surface area contributed by atoms with Crippen molar-refractivity contribution in [3.8, 4) is 0 Å². The summed E-state index contributed by atoms with van der Waals surface area (Å²) in [5, 5.41) is 2.71. The SMILES string of the molecule is NP1Sc2cccc3cccc(c23)S1. The van der Waals surface area contributed by atoms with Crippen molar-refractivity contribution in [3.05, 3.63) is 36.4 Å². The molecule has 0 amide bonds. The predicted molar refractivity (Wildman–Crippen MR) is 66.8 cm³/mol. The van der Waals surface area contributed by atoms with E-state index in [1.165, 1.54) is 20.6 Å². The van der Waals surface area contributed by atoms with Crippen LogP contribution in [0.3, 0.4) is 0 Å². The lowest BCUT2D eigenvalue weighted by Crippen LogP contribution is -1.88. The first-order chi connectivity index (χ1) is 6.84. The highest BCUT2D eigenvalue weighted by molar-refractivity contribution is 8.88. The fraction of sp³-hybridized carbons (Fsp3) is 0. The summed E-state index contributed by atoms with van der Waals surface area (Å²) in [7, 11) is 0. The van der Waals surface area contributed by atoms with E-state index in [1.54, 1.807) is 0 Å². The van der Waals surface area contributed by atoms with Gasteiger partial charge in [0.05, 0.1) is 6.48 Å². The number of benzene rings is 2. The van der Waals surface area contributed by atoms with E-state index in [1.807, 2.05) is 22.8 Å². The lowest BCUT2D eigenvalue weighted by Gasteiger charge is -2.20. The van der Waals surface area contributed by atoms with Crippen molar-refractivity contribution in [3.63, 3.8) is 0 Å². The smallest absolute Gasteiger partial charge is 0.0918 e. The van der Waals surface area contributed by atoms with E-state index in [-0.39, 0.29) is 0 Å². The van der Waals surface area contributed by atoms with Crippen LogP contribution < -0.4 is 5.50 Å². The predicted octanol–water partition coefficient (Wildman–Crippen LogP) is 4.22. The Morgan fingerprint density at radius 3 is 2.07 bits per heavy atom. The Bertz CT molecular complexity index is 460. The van der Waals surface area contributed by atoms with Gasteiger partial charge in [0.15, 0.2) is 0 Å². The molecule has 0 spiro atoms. The van der Waals surface area contributed by atoms with Crippen molar-refractivity contribution in [2.75, 3.05) is 0 Å². The van der Waals surface area contributed by atoms with Crippen molar-refractivity contribution in [2.45, 2.75) is 9.79 Å². The van der Waals surface area contributed by atoms with E-state index in [4.69, 9.17) is 5.50 Å². The molecule has 1 aliphatic heterocycles. The summed E-state index contributed by atoms with van der Waals surface area (Å²) in [5.74, 6) is 0. The van der Waals surface area contributed by atoms with Gasteiger partial charge in [-0.15, -0.1) is 0 Å². The molecule has 4 heteroatoms. The van der Waals surface area contributed by atoms with Crippen molar-refractivity contribution >= 4 is 40.0 Å². The van der Waals surface area contributed by atoms with E-state index in [2.05, 4.69) is 36.4 Å².